The van der Waals surface area contributed by atoms with E-state index in [0.29, 0.717) is 6.42 Å². The van der Waals surface area contributed by atoms with Gasteiger partial charge in [-0.05, 0) is 36.0 Å². The largest absolute Gasteiger partial charge is 0.495 e. The van der Waals surface area contributed by atoms with Gasteiger partial charge in [0.2, 0.25) is 5.91 Å². The number of hydrogen-bond acceptors (Lipinski definition) is 2. The van der Waals surface area contributed by atoms with E-state index >= 15 is 0 Å². The second-order valence-corrected chi connectivity index (χ2v) is 6.13. The zero-order valence-corrected chi connectivity index (χ0v) is 13.8. The molecular formula is C20H23NO2. The molecule has 0 bridgehead atoms. The van der Waals surface area contributed by atoms with Crippen molar-refractivity contribution in [2.24, 2.45) is 0 Å². The molecule has 1 aliphatic rings. The lowest BCUT2D eigenvalue weighted by molar-refractivity contribution is -0.119. The SMILES string of the molecule is COc1cccc2c1N(C(=O)CC(C)c1ccccc1)CCC2. The zero-order chi connectivity index (χ0) is 16.2. The van der Waals surface area contributed by atoms with Gasteiger partial charge in [-0.25, -0.2) is 0 Å². The summed E-state index contributed by atoms with van der Waals surface area (Å²) in [6, 6.07) is 16.3. The summed E-state index contributed by atoms with van der Waals surface area (Å²) in [6.07, 6.45) is 2.53. The molecular weight excluding hydrogens is 286 g/mol. The van der Waals surface area contributed by atoms with Gasteiger partial charge >= 0.3 is 0 Å². The third-order valence-electron chi connectivity index (χ3n) is 4.55. The van der Waals surface area contributed by atoms with Gasteiger partial charge in [0.25, 0.3) is 0 Å². The van der Waals surface area contributed by atoms with Gasteiger partial charge in [0.15, 0.2) is 0 Å². The summed E-state index contributed by atoms with van der Waals surface area (Å²) >= 11 is 0. The van der Waals surface area contributed by atoms with E-state index in [0.717, 1.165) is 30.8 Å². The minimum Gasteiger partial charge on any atom is -0.495 e. The van der Waals surface area contributed by atoms with E-state index in [1.807, 2.05) is 35.2 Å². The quantitative estimate of drug-likeness (QED) is 0.848. The van der Waals surface area contributed by atoms with Crippen molar-refractivity contribution in [1.29, 1.82) is 0 Å². The van der Waals surface area contributed by atoms with Crippen LogP contribution in [0.3, 0.4) is 0 Å². The van der Waals surface area contributed by atoms with Gasteiger partial charge in [0.1, 0.15) is 5.75 Å². The van der Waals surface area contributed by atoms with Crippen LogP contribution in [0.15, 0.2) is 48.5 Å². The number of amides is 1. The third-order valence-corrected chi connectivity index (χ3v) is 4.55. The Morgan fingerprint density at radius 2 is 1.96 bits per heavy atom. The normalized spacial score (nSPS) is 15.0. The van der Waals surface area contributed by atoms with Crippen molar-refractivity contribution in [3.63, 3.8) is 0 Å². The smallest absolute Gasteiger partial charge is 0.227 e. The van der Waals surface area contributed by atoms with Crippen LogP contribution >= 0.6 is 0 Å². The first-order valence-electron chi connectivity index (χ1n) is 8.22. The maximum absolute atomic E-state index is 12.9. The lowest BCUT2D eigenvalue weighted by atomic mass is 9.95. The van der Waals surface area contributed by atoms with Crippen LogP contribution in [0.5, 0.6) is 5.75 Å². The van der Waals surface area contributed by atoms with Crippen molar-refractivity contribution in [1.82, 2.24) is 0 Å². The van der Waals surface area contributed by atoms with Crippen LogP contribution in [-0.2, 0) is 11.2 Å². The molecule has 0 fully saturated rings. The van der Waals surface area contributed by atoms with Crippen LogP contribution in [0.25, 0.3) is 0 Å². The zero-order valence-electron chi connectivity index (χ0n) is 13.8. The highest BCUT2D eigenvalue weighted by Crippen LogP contribution is 2.37. The van der Waals surface area contributed by atoms with Crippen molar-refractivity contribution in [2.45, 2.75) is 32.1 Å². The number of nitrogens with zero attached hydrogens (tertiary/aromatic N) is 1. The minimum atomic E-state index is 0.173. The average Bonchev–Trinajstić information content (AvgIpc) is 2.61. The molecule has 1 unspecified atom stereocenters. The Hall–Kier alpha value is -2.29. The number of hydrogen-bond donors (Lipinski definition) is 0. The fourth-order valence-corrected chi connectivity index (χ4v) is 3.30. The molecule has 0 saturated heterocycles. The number of aryl methyl sites for hydroxylation is 1. The molecule has 1 amide bonds. The molecule has 0 spiro atoms. The van der Waals surface area contributed by atoms with E-state index in [1.165, 1.54) is 11.1 Å². The number of carbonyl (C=O) groups is 1. The molecule has 3 heteroatoms. The van der Waals surface area contributed by atoms with Crippen LogP contribution in [0.1, 0.15) is 36.8 Å². The maximum atomic E-state index is 12.9. The highest BCUT2D eigenvalue weighted by Gasteiger charge is 2.26. The summed E-state index contributed by atoms with van der Waals surface area (Å²) in [5.74, 6) is 1.18. The van der Waals surface area contributed by atoms with Crippen LogP contribution in [0.2, 0.25) is 0 Å². The van der Waals surface area contributed by atoms with E-state index in [9.17, 15) is 4.79 Å². The summed E-state index contributed by atoms with van der Waals surface area (Å²) < 4.78 is 5.49. The first-order chi connectivity index (χ1) is 11.2. The number of para-hydroxylation sites is 1. The molecule has 0 aromatic heterocycles. The summed E-state index contributed by atoms with van der Waals surface area (Å²) in [7, 11) is 1.67. The summed E-state index contributed by atoms with van der Waals surface area (Å²) in [4.78, 5) is 14.8. The maximum Gasteiger partial charge on any atom is 0.227 e. The Morgan fingerprint density at radius 1 is 1.17 bits per heavy atom. The van der Waals surface area contributed by atoms with Gasteiger partial charge in [-0.15, -0.1) is 0 Å². The molecule has 0 saturated carbocycles. The van der Waals surface area contributed by atoms with Crippen molar-refractivity contribution in [3.05, 3.63) is 59.7 Å². The number of anilines is 1. The predicted octanol–water partition coefficient (Wildman–Crippen LogP) is 4.17. The highest BCUT2D eigenvalue weighted by molar-refractivity contribution is 5.96. The van der Waals surface area contributed by atoms with Crippen molar-refractivity contribution in [2.75, 3.05) is 18.6 Å². The Labute approximate surface area is 137 Å². The molecule has 3 rings (SSSR count). The van der Waals surface area contributed by atoms with E-state index in [2.05, 4.69) is 25.1 Å². The molecule has 3 nitrogen and oxygen atoms in total. The molecule has 1 aliphatic heterocycles. The van der Waals surface area contributed by atoms with Crippen LogP contribution in [-0.4, -0.2) is 19.6 Å². The molecule has 120 valence electrons. The third kappa shape index (κ3) is 3.24. The minimum absolute atomic E-state index is 0.173. The summed E-state index contributed by atoms with van der Waals surface area (Å²) in [5, 5.41) is 0. The van der Waals surface area contributed by atoms with Gasteiger partial charge in [-0.1, -0.05) is 49.4 Å². The number of fused-ring (bicyclic) bond motifs is 1. The topological polar surface area (TPSA) is 29.5 Å². The molecule has 0 radical (unpaired) electrons. The summed E-state index contributed by atoms with van der Waals surface area (Å²) in [5.41, 5.74) is 3.38. The molecule has 0 aliphatic carbocycles. The number of carbonyl (C=O) groups excluding carboxylic acids is 1. The van der Waals surface area contributed by atoms with Gasteiger partial charge in [0.05, 0.1) is 12.8 Å². The second-order valence-electron chi connectivity index (χ2n) is 6.13. The van der Waals surface area contributed by atoms with Crippen molar-refractivity contribution in [3.8, 4) is 5.75 Å². The van der Waals surface area contributed by atoms with Gasteiger partial charge in [-0.3, -0.25) is 4.79 Å². The van der Waals surface area contributed by atoms with Crippen molar-refractivity contribution >= 4 is 11.6 Å². The lowest BCUT2D eigenvalue weighted by Crippen LogP contribution is -2.36. The molecule has 2 aromatic carbocycles. The summed E-state index contributed by atoms with van der Waals surface area (Å²) in [6.45, 7) is 2.88. The number of ether oxygens (including phenoxy) is 1. The number of rotatable bonds is 4. The van der Waals surface area contributed by atoms with E-state index in [-0.39, 0.29) is 11.8 Å². The van der Waals surface area contributed by atoms with E-state index < -0.39 is 0 Å². The van der Waals surface area contributed by atoms with Crippen LogP contribution in [0.4, 0.5) is 5.69 Å². The van der Waals surface area contributed by atoms with Gasteiger partial charge in [-0.2, -0.15) is 0 Å². The van der Waals surface area contributed by atoms with E-state index in [4.69, 9.17) is 4.74 Å². The standard InChI is InChI=1S/C20H23NO2/c1-15(16-8-4-3-5-9-16)14-19(22)21-13-7-11-17-10-6-12-18(23-2)20(17)21/h3-6,8-10,12,15H,7,11,13-14H2,1-2H3. The fourth-order valence-electron chi connectivity index (χ4n) is 3.30. The van der Waals surface area contributed by atoms with Gasteiger partial charge in [0, 0.05) is 13.0 Å². The number of benzene rings is 2. The first kappa shape index (κ1) is 15.6. The second kappa shape index (κ2) is 6.86. The number of methoxy groups -OCH3 is 1. The molecule has 1 heterocycles. The molecule has 2 aromatic rings. The first-order valence-corrected chi connectivity index (χ1v) is 8.22. The molecule has 1 atom stereocenters. The average molecular weight is 309 g/mol. The molecule has 23 heavy (non-hydrogen) atoms. The monoisotopic (exact) mass is 309 g/mol. The Kier molecular flexibility index (Phi) is 4.65. The predicted molar refractivity (Wildman–Crippen MR) is 93.1 cm³/mol. The fraction of sp³-hybridized carbons (Fsp3) is 0.350. The Morgan fingerprint density at radius 3 is 2.70 bits per heavy atom. The highest BCUT2D eigenvalue weighted by atomic mass is 16.5. The Bertz CT molecular complexity index is 667. The molecule has 0 N–H and O–H groups in total. The van der Waals surface area contributed by atoms with Crippen molar-refractivity contribution < 1.29 is 9.53 Å². The van der Waals surface area contributed by atoms with Crippen LogP contribution in [0, 0.1) is 0 Å². The van der Waals surface area contributed by atoms with Crippen LogP contribution < -0.4 is 9.64 Å². The lowest BCUT2D eigenvalue weighted by Gasteiger charge is -2.31. The van der Waals surface area contributed by atoms with E-state index in [1.54, 1.807) is 7.11 Å². The Balaban J connectivity index is 1.82. The van der Waals surface area contributed by atoms with Gasteiger partial charge < -0.3 is 9.64 Å².